The largest absolute Gasteiger partial charge is 0.444 e. The molecule has 0 spiro atoms. The van der Waals surface area contributed by atoms with Crippen LogP contribution in [-0.2, 0) is 17.8 Å². The molecular weight excluding hydrogens is 284 g/mol. The molecule has 1 aliphatic heterocycles. The molecule has 3 heterocycles. The summed E-state index contributed by atoms with van der Waals surface area (Å²) in [6.45, 7) is 7.47. The molecule has 114 valence electrons. The standard InChI is InChI=1S/C16H22N2O2S/c1-12-13(2)20-16(17-12)11-18(9-14-5-3-7-19-14)10-15-6-4-8-21-15/h4,6,8,14H,3,5,7,9-11H2,1-2H3. The van der Waals surface area contributed by atoms with E-state index in [1.54, 1.807) is 11.3 Å². The summed E-state index contributed by atoms with van der Waals surface area (Å²) in [4.78, 5) is 8.26. The molecule has 1 saturated heterocycles. The van der Waals surface area contributed by atoms with Crippen LogP contribution in [0.15, 0.2) is 21.9 Å². The predicted octanol–water partition coefficient (Wildman–Crippen LogP) is 3.53. The minimum absolute atomic E-state index is 0.349. The van der Waals surface area contributed by atoms with Gasteiger partial charge in [0.25, 0.3) is 0 Å². The normalized spacial score (nSPS) is 18.7. The Hall–Kier alpha value is -1.17. The van der Waals surface area contributed by atoms with Crippen molar-refractivity contribution in [3.8, 4) is 0 Å². The number of hydrogen-bond donors (Lipinski definition) is 0. The van der Waals surface area contributed by atoms with E-state index >= 15 is 0 Å². The minimum Gasteiger partial charge on any atom is -0.444 e. The summed E-state index contributed by atoms with van der Waals surface area (Å²) in [5.74, 6) is 1.72. The first-order chi connectivity index (χ1) is 10.2. The summed E-state index contributed by atoms with van der Waals surface area (Å²) >= 11 is 1.79. The van der Waals surface area contributed by atoms with Gasteiger partial charge < -0.3 is 9.15 Å². The Balaban J connectivity index is 1.67. The topological polar surface area (TPSA) is 38.5 Å². The fourth-order valence-electron chi connectivity index (χ4n) is 2.68. The lowest BCUT2D eigenvalue weighted by molar-refractivity contribution is 0.0651. The molecule has 2 aromatic heterocycles. The van der Waals surface area contributed by atoms with E-state index in [1.807, 2.05) is 13.8 Å². The Labute approximate surface area is 129 Å². The lowest BCUT2D eigenvalue weighted by Crippen LogP contribution is -2.31. The maximum absolute atomic E-state index is 5.78. The molecule has 3 rings (SSSR count). The van der Waals surface area contributed by atoms with Crippen LogP contribution in [0.1, 0.15) is 35.1 Å². The van der Waals surface area contributed by atoms with Crippen molar-refractivity contribution in [2.75, 3.05) is 13.2 Å². The third-order valence-corrected chi connectivity index (χ3v) is 4.74. The van der Waals surface area contributed by atoms with E-state index in [0.29, 0.717) is 6.10 Å². The van der Waals surface area contributed by atoms with Crippen LogP contribution in [0.5, 0.6) is 0 Å². The Bertz CT molecular complexity index is 539. The molecule has 0 bridgehead atoms. The van der Waals surface area contributed by atoms with Gasteiger partial charge in [-0.05, 0) is 38.1 Å². The third kappa shape index (κ3) is 3.93. The number of rotatable bonds is 6. The van der Waals surface area contributed by atoms with Crippen molar-refractivity contribution in [3.05, 3.63) is 39.7 Å². The molecule has 5 heteroatoms. The van der Waals surface area contributed by atoms with Gasteiger partial charge in [-0.1, -0.05) is 6.07 Å². The lowest BCUT2D eigenvalue weighted by atomic mass is 10.2. The molecule has 21 heavy (non-hydrogen) atoms. The van der Waals surface area contributed by atoms with Crippen LogP contribution >= 0.6 is 11.3 Å². The molecular formula is C16H22N2O2S. The van der Waals surface area contributed by atoms with Gasteiger partial charge in [0.05, 0.1) is 18.3 Å². The van der Waals surface area contributed by atoms with Gasteiger partial charge in [0.2, 0.25) is 5.89 Å². The second-order valence-corrected chi connectivity index (χ2v) is 6.67. The SMILES string of the molecule is Cc1nc(CN(Cc2cccs2)CC2CCCO2)oc1C. The van der Waals surface area contributed by atoms with Gasteiger partial charge >= 0.3 is 0 Å². The summed E-state index contributed by atoms with van der Waals surface area (Å²) in [7, 11) is 0. The van der Waals surface area contributed by atoms with Crippen LogP contribution in [0, 0.1) is 13.8 Å². The molecule has 0 N–H and O–H groups in total. The highest BCUT2D eigenvalue weighted by Crippen LogP contribution is 2.19. The molecule has 0 amide bonds. The van der Waals surface area contributed by atoms with E-state index in [0.717, 1.165) is 50.0 Å². The van der Waals surface area contributed by atoms with Gasteiger partial charge in [-0.25, -0.2) is 4.98 Å². The molecule has 1 aliphatic rings. The average Bonchev–Trinajstić information content (AvgIpc) is 3.15. The smallest absolute Gasteiger partial charge is 0.208 e. The lowest BCUT2D eigenvalue weighted by Gasteiger charge is -2.23. The monoisotopic (exact) mass is 306 g/mol. The summed E-state index contributed by atoms with van der Waals surface area (Å²) in [5.41, 5.74) is 0.984. The number of aromatic nitrogens is 1. The second kappa shape index (κ2) is 6.73. The Kier molecular flexibility index (Phi) is 4.73. The highest BCUT2D eigenvalue weighted by atomic mass is 32.1. The first-order valence-corrected chi connectivity index (χ1v) is 8.38. The maximum Gasteiger partial charge on any atom is 0.208 e. The molecule has 0 radical (unpaired) electrons. The maximum atomic E-state index is 5.78. The zero-order valence-electron chi connectivity index (χ0n) is 12.7. The van der Waals surface area contributed by atoms with Gasteiger partial charge in [0, 0.05) is 24.6 Å². The fraction of sp³-hybridized carbons (Fsp3) is 0.562. The summed E-state index contributed by atoms with van der Waals surface area (Å²) in [5, 5.41) is 2.12. The Morgan fingerprint density at radius 2 is 2.29 bits per heavy atom. The van der Waals surface area contributed by atoms with Crippen LogP contribution in [0.4, 0.5) is 0 Å². The molecule has 1 fully saturated rings. The Morgan fingerprint density at radius 1 is 1.38 bits per heavy atom. The van der Waals surface area contributed by atoms with E-state index in [1.165, 1.54) is 11.3 Å². The number of thiophene rings is 1. The quantitative estimate of drug-likeness (QED) is 0.818. The average molecular weight is 306 g/mol. The van der Waals surface area contributed by atoms with Crippen molar-refractivity contribution in [2.45, 2.75) is 45.9 Å². The van der Waals surface area contributed by atoms with E-state index in [2.05, 4.69) is 27.4 Å². The molecule has 0 aromatic carbocycles. The van der Waals surface area contributed by atoms with Crippen LogP contribution < -0.4 is 0 Å². The molecule has 4 nitrogen and oxygen atoms in total. The van der Waals surface area contributed by atoms with Crippen molar-refractivity contribution < 1.29 is 9.15 Å². The van der Waals surface area contributed by atoms with Crippen molar-refractivity contribution >= 4 is 11.3 Å². The van der Waals surface area contributed by atoms with Crippen LogP contribution in [0.25, 0.3) is 0 Å². The van der Waals surface area contributed by atoms with Gasteiger partial charge in [-0.15, -0.1) is 11.3 Å². The zero-order chi connectivity index (χ0) is 14.7. The van der Waals surface area contributed by atoms with Crippen molar-refractivity contribution in [2.24, 2.45) is 0 Å². The fourth-order valence-corrected chi connectivity index (χ4v) is 3.43. The predicted molar refractivity (Wildman–Crippen MR) is 83.4 cm³/mol. The highest BCUT2D eigenvalue weighted by molar-refractivity contribution is 7.09. The van der Waals surface area contributed by atoms with Crippen molar-refractivity contribution in [1.82, 2.24) is 9.88 Å². The third-order valence-electron chi connectivity index (χ3n) is 3.88. The van der Waals surface area contributed by atoms with Crippen LogP contribution in [0.2, 0.25) is 0 Å². The highest BCUT2D eigenvalue weighted by Gasteiger charge is 2.21. The van der Waals surface area contributed by atoms with Gasteiger partial charge in [0.15, 0.2) is 0 Å². The van der Waals surface area contributed by atoms with E-state index < -0.39 is 0 Å². The Morgan fingerprint density at radius 3 is 2.90 bits per heavy atom. The molecule has 1 atom stereocenters. The second-order valence-electron chi connectivity index (χ2n) is 5.63. The zero-order valence-corrected chi connectivity index (χ0v) is 13.5. The minimum atomic E-state index is 0.349. The van der Waals surface area contributed by atoms with Crippen LogP contribution in [0.3, 0.4) is 0 Å². The van der Waals surface area contributed by atoms with Gasteiger partial charge in [0.1, 0.15) is 5.76 Å². The number of nitrogens with zero attached hydrogens (tertiary/aromatic N) is 2. The molecule has 2 aromatic rings. The molecule has 0 saturated carbocycles. The first-order valence-electron chi connectivity index (χ1n) is 7.50. The number of aryl methyl sites for hydroxylation is 2. The molecule has 1 unspecified atom stereocenters. The van der Waals surface area contributed by atoms with E-state index in [4.69, 9.17) is 9.15 Å². The van der Waals surface area contributed by atoms with Crippen molar-refractivity contribution in [3.63, 3.8) is 0 Å². The van der Waals surface area contributed by atoms with E-state index in [9.17, 15) is 0 Å². The molecule has 0 aliphatic carbocycles. The van der Waals surface area contributed by atoms with Crippen molar-refractivity contribution in [1.29, 1.82) is 0 Å². The number of hydrogen-bond acceptors (Lipinski definition) is 5. The summed E-state index contributed by atoms with van der Waals surface area (Å²) in [6.07, 6.45) is 2.68. The van der Waals surface area contributed by atoms with Gasteiger partial charge in [-0.3, -0.25) is 4.90 Å². The van der Waals surface area contributed by atoms with Crippen LogP contribution in [-0.4, -0.2) is 29.1 Å². The van der Waals surface area contributed by atoms with E-state index in [-0.39, 0.29) is 0 Å². The summed E-state index contributed by atoms with van der Waals surface area (Å²) < 4.78 is 11.5. The van der Waals surface area contributed by atoms with Gasteiger partial charge in [-0.2, -0.15) is 0 Å². The summed E-state index contributed by atoms with van der Waals surface area (Å²) in [6, 6.07) is 4.28. The first kappa shape index (κ1) is 14.8. The number of ether oxygens (including phenoxy) is 1. The number of oxazole rings is 1.